The Morgan fingerprint density at radius 3 is 2.32 bits per heavy atom. The number of carbonyl (C=O) groups is 2. The Morgan fingerprint density at radius 1 is 1.26 bits per heavy atom. The number of nitrogens with one attached hydrogen (secondary N) is 1. The Bertz CT molecular complexity index is 320. The van der Waals surface area contributed by atoms with Crippen molar-refractivity contribution in [2.24, 2.45) is 0 Å². The topological polar surface area (TPSA) is 69.6 Å². The van der Waals surface area contributed by atoms with Crippen LogP contribution in [-0.2, 0) is 9.59 Å². The first-order chi connectivity index (χ1) is 8.79. The van der Waals surface area contributed by atoms with Gasteiger partial charge in [-0.1, -0.05) is 0 Å². The van der Waals surface area contributed by atoms with E-state index >= 15 is 0 Å². The molecule has 5 nitrogen and oxygen atoms in total. The maximum absolute atomic E-state index is 11.6. The smallest absolute Gasteiger partial charge is 0.313 e. The van der Waals surface area contributed by atoms with Crippen LogP contribution in [0, 0.1) is 0 Å². The first-order valence-electron chi connectivity index (χ1n) is 6.63. The van der Waals surface area contributed by atoms with Crippen molar-refractivity contribution >= 4 is 23.6 Å². The standard InChI is InChI=1S/C13H24N2O3S/c1-13(2,3)15-6-4-10(5-7-15)14-11(16)8-19-9-12(17)18/h10H,4-9H2,1-3H3,(H,14,16)(H,17,18). The van der Waals surface area contributed by atoms with Crippen LogP contribution in [-0.4, -0.2) is 58.1 Å². The molecule has 110 valence electrons. The van der Waals surface area contributed by atoms with E-state index in [9.17, 15) is 9.59 Å². The van der Waals surface area contributed by atoms with Crippen molar-refractivity contribution in [2.75, 3.05) is 24.6 Å². The SMILES string of the molecule is CC(C)(C)N1CCC(NC(=O)CSCC(=O)O)CC1. The van der Waals surface area contributed by atoms with E-state index in [2.05, 4.69) is 31.0 Å². The number of likely N-dealkylation sites (tertiary alicyclic amines) is 1. The Kier molecular flexibility index (Phi) is 6.13. The molecule has 1 rings (SSSR count). The minimum atomic E-state index is -0.878. The Morgan fingerprint density at radius 2 is 1.84 bits per heavy atom. The summed E-state index contributed by atoms with van der Waals surface area (Å²) in [5.41, 5.74) is 0.187. The predicted molar refractivity (Wildman–Crippen MR) is 77.5 cm³/mol. The molecule has 1 saturated heterocycles. The van der Waals surface area contributed by atoms with E-state index < -0.39 is 5.97 Å². The Labute approximate surface area is 119 Å². The second-order valence-corrected chi connectivity index (χ2v) is 6.87. The zero-order valence-corrected chi connectivity index (χ0v) is 12.8. The van der Waals surface area contributed by atoms with Gasteiger partial charge in [0.25, 0.3) is 0 Å². The second kappa shape index (κ2) is 7.14. The molecule has 0 bridgehead atoms. The third-order valence-electron chi connectivity index (χ3n) is 3.27. The molecule has 0 radical (unpaired) electrons. The number of hydrogen-bond acceptors (Lipinski definition) is 4. The van der Waals surface area contributed by atoms with Gasteiger partial charge in [-0.15, -0.1) is 11.8 Å². The molecule has 0 spiro atoms. The van der Waals surface area contributed by atoms with Crippen molar-refractivity contribution in [2.45, 2.75) is 45.2 Å². The van der Waals surface area contributed by atoms with Crippen LogP contribution in [0.2, 0.25) is 0 Å². The van der Waals surface area contributed by atoms with Crippen molar-refractivity contribution < 1.29 is 14.7 Å². The number of carbonyl (C=O) groups excluding carboxylic acids is 1. The molecule has 0 aromatic rings. The largest absolute Gasteiger partial charge is 0.481 e. The molecule has 1 amide bonds. The lowest BCUT2D eigenvalue weighted by Gasteiger charge is -2.41. The summed E-state index contributed by atoms with van der Waals surface area (Å²) in [6.07, 6.45) is 1.93. The molecule has 2 N–H and O–H groups in total. The zero-order valence-electron chi connectivity index (χ0n) is 11.9. The van der Waals surface area contributed by atoms with Crippen molar-refractivity contribution in [1.82, 2.24) is 10.2 Å². The molecule has 19 heavy (non-hydrogen) atoms. The van der Waals surface area contributed by atoms with Gasteiger partial charge in [-0.3, -0.25) is 14.5 Å². The average molecular weight is 288 g/mol. The summed E-state index contributed by atoms with van der Waals surface area (Å²) in [6.45, 7) is 8.60. The quantitative estimate of drug-likeness (QED) is 0.795. The fourth-order valence-corrected chi connectivity index (χ4v) is 2.74. The normalized spacial score (nSPS) is 18.3. The van der Waals surface area contributed by atoms with Gasteiger partial charge in [0.05, 0.1) is 11.5 Å². The maximum Gasteiger partial charge on any atom is 0.313 e. The lowest BCUT2D eigenvalue weighted by Crippen LogP contribution is -2.51. The van der Waals surface area contributed by atoms with Gasteiger partial charge in [0, 0.05) is 24.7 Å². The van der Waals surface area contributed by atoms with Crippen molar-refractivity contribution in [3.8, 4) is 0 Å². The highest BCUT2D eigenvalue weighted by Gasteiger charge is 2.27. The molecule has 0 aliphatic carbocycles. The van der Waals surface area contributed by atoms with Crippen LogP contribution in [0.15, 0.2) is 0 Å². The summed E-state index contributed by atoms with van der Waals surface area (Å²) in [6, 6.07) is 0.233. The van der Waals surface area contributed by atoms with Crippen LogP contribution >= 0.6 is 11.8 Å². The predicted octanol–water partition coefficient (Wildman–Crippen LogP) is 1.18. The zero-order chi connectivity index (χ0) is 14.5. The molecule has 1 heterocycles. The monoisotopic (exact) mass is 288 g/mol. The number of nitrogens with zero attached hydrogens (tertiary/aromatic N) is 1. The van der Waals surface area contributed by atoms with E-state index in [0.717, 1.165) is 37.7 Å². The summed E-state index contributed by atoms with van der Waals surface area (Å²) in [5.74, 6) is -0.724. The van der Waals surface area contributed by atoms with Crippen LogP contribution in [0.4, 0.5) is 0 Å². The van der Waals surface area contributed by atoms with E-state index in [0.29, 0.717) is 0 Å². The third-order valence-corrected chi connectivity index (χ3v) is 4.18. The van der Waals surface area contributed by atoms with Crippen LogP contribution < -0.4 is 5.32 Å². The molecule has 0 aromatic carbocycles. The van der Waals surface area contributed by atoms with E-state index in [4.69, 9.17) is 5.11 Å². The van der Waals surface area contributed by atoms with Gasteiger partial charge in [0.15, 0.2) is 0 Å². The summed E-state index contributed by atoms with van der Waals surface area (Å²) in [5, 5.41) is 11.5. The lowest BCUT2D eigenvalue weighted by molar-refractivity contribution is -0.133. The maximum atomic E-state index is 11.6. The first kappa shape index (κ1) is 16.3. The van der Waals surface area contributed by atoms with Gasteiger partial charge in [-0.25, -0.2) is 0 Å². The van der Waals surface area contributed by atoms with Crippen LogP contribution in [0.3, 0.4) is 0 Å². The highest BCUT2D eigenvalue weighted by atomic mass is 32.2. The number of carboxylic acid groups (broad SMARTS) is 1. The number of piperidine rings is 1. The molecule has 1 fully saturated rings. The summed E-state index contributed by atoms with van der Waals surface area (Å²) in [4.78, 5) is 24.4. The number of amides is 1. The molecule has 0 unspecified atom stereocenters. The molecular formula is C13H24N2O3S. The highest BCUT2D eigenvalue weighted by Crippen LogP contribution is 2.20. The Balaban J connectivity index is 2.22. The van der Waals surface area contributed by atoms with Crippen LogP contribution in [0.1, 0.15) is 33.6 Å². The number of carboxylic acids is 1. The van der Waals surface area contributed by atoms with Gasteiger partial charge in [-0.05, 0) is 33.6 Å². The van der Waals surface area contributed by atoms with E-state index in [1.807, 2.05) is 0 Å². The summed E-state index contributed by atoms with van der Waals surface area (Å²) >= 11 is 1.14. The van der Waals surface area contributed by atoms with Gasteiger partial charge in [0.2, 0.25) is 5.91 Å². The number of aliphatic carboxylic acids is 1. The minimum absolute atomic E-state index is 0.0180. The molecule has 1 aliphatic heterocycles. The van der Waals surface area contributed by atoms with Gasteiger partial charge < -0.3 is 10.4 Å². The van der Waals surface area contributed by atoms with Crippen LogP contribution in [0.25, 0.3) is 0 Å². The average Bonchev–Trinajstić information content (AvgIpc) is 2.27. The summed E-state index contributed by atoms with van der Waals surface area (Å²) in [7, 11) is 0. The van der Waals surface area contributed by atoms with Gasteiger partial charge >= 0.3 is 5.97 Å². The molecular weight excluding hydrogens is 264 g/mol. The number of hydrogen-bond donors (Lipinski definition) is 2. The molecule has 6 heteroatoms. The van der Waals surface area contributed by atoms with Gasteiger partial charge in [-0.2, -0.15) is 0 Å². The third kappa shape index (κ3) is 6.29. The minimum Gasteiger partial charge on any atom is -0.481 e. The highest BCUT2D eigenvalue weighted by molar-refractivity contribution is 8.00. The molecule has 0 saturated carbocycles. The van der Waals surface area contributed by atoms with E-state index in [1.165, 1.54) is 0 Å². The van der Waals surface area contributed by atoms with E-state index in [1.54, 1.807) is 0 Å². The summed E-state index contributed by atoms with van der Waals surface area (Å²) < 4.78 is 0. The van der Waals surface area contributed by atoms with Crippen molar-refractivity contribution in [1.29, 1.82) is 0 Å². The van der Waals surface area contributed by atoms with Crippen LogP contribution in [0.5, 0.6) is 0 Å². The fraction of sp³-hybridized carbons (Fsp3) is 0.846. The number of thioether (sulfide) groups is 1. The van der Waals surface area contributed by atoms with Crippen molar-refractivity contribution in [3.05, 3.63) is 0 Å². The van der Waals surface area contributed by atoms with E-state index in [-0.39, 0.29) is 29.0 Å². The molecule has 0 aromatic heterocycles. The van der Waals surface area contributed by atoms with Gasteiger partial charge in [0.1, 0.15) is 0 Å². The lowest BCUT2D eigenvalue weighted by atomic mass is 9.98. The molecule has 1 aliphatic rings. The Hall–Kier alpha value is -0.750. The first-order valence-corrected chi connectivity index (χ1v) is 7.78. The fourth-order valence-electron chi connectivity index (χ4n) is 2.20. The van der Waals surface area contributed by atoms with Crippen molar-refractivity contribution in [3.63, 3.8) is 0 Å². The second-order valence-electron chi connectivity index (χ2n) is 5.89. The molecule has 0 atom stereocenters. The number of rotatable bonds is 5.